The zero-order valence-corrected chi connectivity index (χ0v) is 13.3. The lowest BCUT2D eigenvalue weighted by Crippen LogP contribution is -2.42. The van der Waals surface area contributed by atoms with Crippen molar-refractivity contribution in [1.29, 1.82) is 0 Å². The van der Waals surface area contributed by atoms with Crippen LogP contribution >= 0.6 is 0 Å². The number of carbonyl (C=O) groups excluding carboxylic acids is 1. The first-order valence-corrected chi connectivity index (χ1v) is 7.68. The summed E-state index contributed by atoms with van der Waals surface area (Å²) in [6.45, 7) is 1.51. The number of aromatic nitrogens is 1. The van der Waals surface area contributed by atoms with E-state index in [0.29, 0.717) is 0 Å². The van der Waals surface area contributed by atoms with Crippen molar-refractivity contribution in [3.8, 4) is 0 Å². The van der Waals surface area contributed by atoms with Crippen molar-refractivity contribution in [2.75, 3.05) is 0 Å². The molecule has 7 nitrogen and oxygen atoms in total. The Morgan fingerprint density at radius 3 is 2.54 bits per heavy atom. The number of carboxylic acids is 2. The number of H-pyrrole nitrogens is 1. The first kappa shape index (κ1) is 17.5. The van der Waals surface area contributed by atoms with E-state index in [2.05, 4.69) is 10.3 Å². The van der Waals surface area contributed by atoms with Gasteiger partial charge >= 0.3 is 11.9 Å². The van der Waals surface area contributed by atoms with E-state index in [0.717, 1.165) is 16.5 Å². The van der Waals surface area contributed by atoms with Crippen LogP contribution in [0.5, 0.6) is 0 Å². The average molecular weight is 332 g/mol. The van der Waals surface area contributed by atoms with Gasteiger partial charge in [-0.25, -0.2) is 4.79 Å². The van der Waals surface area contributed by atoms with Crippen molar-refractivity contribution in [2.45, 2.75) is 32.2 Å². The minimum absolute atomic E-state index is 0.0227. The number of hydrogen-bond acceptors (Lipinski definition) is 3. The predicted octanol–water partition coefficient (Wildman–Crippen LogP) is 1.78. The minimum atomic E-state index is -1.13. The molecule has 24 heavy (non-hydrogen) atoms. The van der Waals surface area contributed by atoms with Crippen LogP contribution in [0.2, 0.25) is 0 Å². The first-order valence-electron chi connectivity index (χ1n) is 7.68. The maximum Gasteiger partial charge on any atom is 0.326 e. The van der Waals surface area contributed by atoms with Gasteiger partial charge in [0.1, 0.15) is 6.04 Å². The van der Waals surface area contributed by atoms with Gasteiger partial charge in [0.25, 0.3) is 0 Å². The van der Waals surface area contributed by atoms with E-state index >= 15 is 0 Å². The molecule has 128 valence electrons. The zero-order chi connectivity index (χ0) is 17.7. The third kappa shape index (κ3) is 4.34. The molecule has 1 heterocycles. The molecule has 2 rings (SSSR count). The van der Waals surface area contributed by atoms with Gasteiger partial charge in [-0.2, -0.15) is 0 Å². The molecule has 0 aliphatic heterocycles. The summed E-state index contributed by atoms with van der Waals surface area (Å²) in [5.41, 5.74) is 1.70. The highest BCUT2D eigenvalue weighted by molar-refractivity contribution is 5.86. The fourth-order valence-electron chi connectivity index (χ4n) is 2.46. The van der Waals surface area contributed by atoms with Crippen LogP contribution in [-0.2, 0) is 20.8 Å². The summed E-state index contributed by atoms with van der Waals surface area (Å²) in [4.78, 5) is 37.1. The Balaban J connectivity index is 2.01. The number of benzene rings is 1. The Bertz CT molecular complexity index is 752. The lowest BCUT2D eigenvalue weighted by Gasteiger charge is -2.15. The Labute approximate surface area is 138 Å². The maximum atomic E-state index is 11.9. The van der Waals surface area contributed by atoms with Gasteiger partial charge in [-0.05, 0) is 18.1 Å². The fourth-order valence-corrected chi connectivity index (χ4v) is 2.46. The summed E-state index contributed by atoms with van der Waals surface area (Å²) in [6, 6.07) is 6.46. The molecule has 0 bridgehead atoms. The Hall–Kier alpha value is -2.83. The van der Waals surface area contributed by atoms with Crippen LogP contribution in [0.25, 0.3) is 10.9 Å². The minimum Gasteiger partial charge on any atom is -0.481 e. The monoisotopic (exact) mass is 332 g/mol. The standard InChI is InChI=1S/C17H20N2O5/c1-10(16(21)22)6-7-15(20)19-14(17(23)24)8-11-9-18-13-5-3-2-4-12(11)13/h2-5,9-10,14,18H,6-8H2,1H3,(H,19,20)(H,21,22)(H,23,24)/t10-,14-/m1/s1. The van der Waals surface area contributed by atoms with E-state index in [4.69, 9.17) is 5.11 Å². The topological polar surface area (TPSA) is 119 Å². The number of carboxylic acid groups (broad SMARTS) is 2. The van der Waals surface area contributed by atoms with Crippen molar-refractivity contribution in [2.24, 2.45) is 5.92 Å². The molecule has 7 heteroatoms. The molecule has 1 amide bonds. The predicted molar refractivity (Wildman–Crippen MR) is 87.6 cm³/mol. The van der Waals surface area contributed by atoms with Gasteiger partial charge in [-0.3, -0.25) is 9.59 Å². The molecular weight excluding hydrogens is 312 g/mol. The number of fused-ring (bicyclic) bond motifs is 1. The molecule has 0 fully saturated rings. The highest BCUT2D eigenvalue weighted by atomic mass is 16.4. The smallest absolute Gasteiger partial charge is 0.326 e. The number of para-hydroxylation sites is 1. The van der Waals surface area contributed by atoms with Crippen LogP contribution in [0.3, 0.4) is 0 Å². The summed E-state index contributed by atoms with van der Waals surface area (Å²) in [5.74, 6) is -3.21. The second-order valence-electron chi connectivity index (χ2n) is 5.80. The molecule has 0 saturated heterocycles. The highest BCUT2D eigenvalue weighted by Crippen LogP contribution is 2.19. The van der Waals surface area contributed by atoms with E-state index < -0.39 is 29.8 Å². The van der Waals surface area contributed by atoms with Crippen LogP contribution in [0.15, 0.2) is 30.5 Å². The number of aromatic amines is 1. The third-order valence-electron chi connectivity index (χ3n) is 3.96. The van der Waals surface area contributed by atoms with Crippen LogP contribution < -0.4 is 5.32 Å². The number of amides is 1. The van der Waals surface area contributed by atoms with Gasteiger partial charge in [0.2, 0.25) is 5.91 Å². The van der Waals surface area contributed by atoms with Gasteiger partial charge in [0.05, 0.1) is 5.92 Å². The van der Waals surface area contributed by atoms with E-state index in [1.54, 1.807) is 6.20 Å². The summed E-state index contributed by atoms with van der Waals surface area (Å²) < 4.78 is 0. The number of nitrogens with one attached hydrogen (secondary N) is 2. The molecular formula is C17H20N2O5. The fraction of sp³-hybridized carbons (Fsp3) is 0.353. The van der Waals surface area contributed by atoms with Gasteiger partial charge in [0.15, 0.2) is 0 Å². The average Bonchev–Trinajstić information content (AvgIpc) is 2.95. The van der Waals surface area contributed by atoms with Crippen LogP contribution in [0.1, 0.15) is 25.3 Å². The molecule has 0 aliphatic rings. The molecule has 0 radical (unpaired) electrons. The maximum absolute atomic E-state index is 11.9. The van der Waals surface area contributed by atoms with Crippen molar-refractivity contribution in [3.05, 3.63) is 36.0 Å². The Kier molecular flexibility index (Phi) is 5.57. The number of hydrogen-bond donors (Lipinski definition) is 4. The molecule has 0 spiro atoms. The Morgan fingerprint density at radius 2 is 1.88 bits per heavy atom. The molecule has 1 aromatic heterocycles. The third-order valence-corrected chi connectivity index (χ3v) is 3.96. The SMILES string of the molecule is C[C@H](CCC(=O)N[C@H](Cc1c[nH]c2ccccc12)C(=O)O)C(=O)O. The van der Waals surface area contributed by atoms with Gasteiger partial charge < -0.3 is 20.5 Å². The Morgan fingerprint density at radius 1 is 1.17 bits per heavy atom. The normalized spacial score (nSPS) is 13.4. The van der Waals surface area contributed by atoms with Gasteiger partial charge in [0, 0.05) is 29.9 Å². The lowest BCUT2D eigenvalue weighted by molar-refractivity contribution is -0.143. The molecule has 0 aliphatic carbocycles. The largest absolute Gasteiger partial charge is 0.481 e. The molecule has 2 atom stereocenters. The summed E-state index contributed by atoms with van der Waals surface area (Å²) in [5, 5.41) is 21.5. The van der Waals surface area contributed by atoms with Crippen molar-refractivity contribution >= 4 is 28.7 Å². The van der Waals surface area contributed by atoms with Crippen LogP contribution in [-0.4, -0.2) is 39.1 Å². The molecule has 4 N–H and O–H groups in total. The van der Waals surface area contributed by atoms with E-state index in [-0.39, 0.29) is 19.3 Å². The van der Waals surface area contributed by atoms with Crippen LogP contribution in [0, 0.1) is 5.92 Å². The van der Waals surface area contributed by atoms with Gasteiger partial charge in [-0.15, -0.1) is 0 Å². The quantitative estimate of drug-likeness (QED) is 0.587. The van der Waals surface area contributed by atoms with Gasteiger partial charge in [-0.1, -0.05) is 25.1 Å². The summed E-state index contributed by atoms with van der Waals surface area (Å²) in [6.07, 6.45) is 2.03. The van der Waals surface area contributed by atoms with E-state index in [1.165, 1.54) is 6.92 Å². The highest BCUT2D eigenvalue weighted by Gasteiger charge is 2.22. The first-order chi connectivity index (χ1) is 11.4. The second-order valence-corrected chi connectivity index (χ2v) is 5.80. The second kappa shape index (κ2) is 7.63. The summed E-state index contributed by atoms with van der Waals surface area (Å²) in [7, 11) is 0. The van der Waals surface area contributed by atoms with Crippen molar-refractivity contribution < 1.29 is 24.6 Å². The van der Waals surface area contributed by atoms with Crippen molar-refractivity contribution in [3.63, 3.8) is 0 Å². The number of carbonyl (C=O) groups is 3. The lowest BCUT2D eigenvalue weighted by atomic mass is 10.0. The summed E-state index contributed by atoms with van der Waals surface area (Å²) >= 11 is 0. The van der Waals surface area contributed by atoms with Crippen LogP contribution in [0.4, 0.5) is 0 Å². The number of aliphatic carboxylic acids is 2. The van der Waals surface area contributed by atoms with E-state index in [1.807, 2.05) is 24.3 Å². The van der Waals surface area contributed by atoms with E-state index in [9.17, 15) is 19.5 Å². The molecule has 1 aromatic carbocycles. The molecule has 0 unspecified atom stereocenters. The number of rotatable bonds is 8. The van der Waals surface area contributed by atoms with Crippen molar-refractivity contribution in [1.82, 2.24) is 10.3 Å². The zero-order valence-electron chi connectivity index (χ0n) is 13.3. The molecule has 2 aromatic rings. The molecule has 0 saturated carbocycles.